The van der Waals surface area contributed by atoms with E-state index in [0.29, 0.717) is 22.8 Å². The normalized spacial score (nSPS) is 11.9. The third kappa shape index (κ3) is 5.34. The van der Waals surface area contributed by atoms with Gasteiger partial charge in [-0.3, -0.25) is 15.0 Å². The number of aromatic amines is 1. The molecule has 10 nitrogen and oxygen atoms in total. The van der Waals surface area contributed by atoms with Crippen molar-refractivity contribution in [3.63, 3.8) is 0 Å². The topological polar surface area (TPSA) is 131 Å². The Balaban J connectivity index is 1.65. The van der Waals surface area contributed by atoms with Gasteiger partial charge < -0.3 is 14.9 Å². The van der Waals surface area contributed by atoms with Crippen LogP contribution in [0.4, 0.5) is 0 Å². The van der Waals surface area contributed by atoms with Crippen molar-refractivity contribution in [3.05, 3.63) is 83.2 Å². The highest BCUT2D eigenvalue weighted by atomic mass is 35.5. The van der Waals surface area contributed by atoms with Gasteiger partial charge in [-0.15, -0.1) is 0 Å². The number of aromatic nitrogens is 4. The average molecular weight is 581 g/mol. The zero-order chi connectivity index (χ0) is 28.6. The number of aryl methyl sites for hydroxylation is 1. The lowest BCUT2D eigenvalue weighted by atomic mass is 10.2. The largest absolute Gasteiger partial charge is 0.350 e. The highest BCUT2D eigenvalue weighted by Crippen LogP contribution is 2.33. The smallest absolute Gasteiger partial charge is 0.286 e. The Morgan fingerprint density at radius 1 is 1.10 bits per heavy atom. The van der Waals surface area contributed by atoms with Gasteiger partial charge in [0.25, 0.3) is 11.8 Å². The minimum absolute atomic E-state index is 0.0477. The number of carbonyl (C=O) groups excluding carboxylic acids is 2. The Bertz CT molecular complexity index is 1820. The Hall–Kier alpha value is -4.09. The summed E-state index contributed by atoms with van der Waals surface area (Å²) in [5.41, 5.74) is 3.88. The van der Waals surface area contributed by atoms with Gasteiger partial charge in [0.15, 0.2) is 9.84 Å². The van der Waals surface area contributed by atoms with Gasteiger partial charge in [0, 0.05) is 40.8 Å². The van der Waals surface area contributed by atoms with Gasteiger partial charge in [0.05, 0.1) is 17.8 Å². The predicted molar refractivity (Wildman–Crippen MR) is 155 cm³/mol. The number of hydrogen-bond acceptors (Lipinski definition) is 5. The van der Waals surface area contributed by atoms with Crippen molar-refractivity contribution >= 4 is 55.1 Å². The van der Waals surface area contributed by atoms with Gasteiger partial charge in [0.1, 0.15) is 22.1 Å². The van der Waals surface area contributed by atoms with Crippen molar-refractivity contribution in [2.45, 2.75) is 31.7 Å². The van der Waals surface area contributed by atoms with E-state index in [4.69, 9.17) is 11.6 Å². The van der Waals surface area contributed by atoms with E-state index < -0.39 is 21.7 Å². The van der Waals surface area contributed by atoms with Crippen LogP contribution < -0.4 is 10.7 Å². The van der Waals surface area contributed by atoms with Crippen LogP contribution in [-0.2, 0) is 23.4 Å². The molecule has 0 unspecified atom stereocenters. The van der Waals surface area contributed by atoms with Gasteiger partial charge >= 0.3 is 0 Å². The molecule has 0 bridgehead atoms. The van der Waals surface area contributed by atoms with Crippen LogP contribution in [0.1, 0.15) is 47.1 Å². The van der Waals surface area contributed by atoms with Gasteiger partial charge in [-0.2, -0.15) is 0 Å². The standard InChI is InChI=1S/C28H29ClN6O4S/c1-17(2)10-13-40(38,39)26-20-15-19(29)8-9-23(20)35(25(26)28(37)31-16-24-30-11-12-34(24)3)33-27(36)22-14-18-6-4-5-7-21(18)32-22/h4-9,11-12,14-15,17,32H,10,13,16H2,1-3H3,(H,31,37)(H,33,36). The van der Waals surface area contributed by atoms with Crippen LogP contribution in [-0.4, -0.2) is 45.2 Å². The number of H-pyrrole nitrogens is 1. The predicted octanol–water partition coefficient (Wildman–Crippen LogP) is 4.64. The van der Waals surface area contributed by atoms with Crippen molar-refractivity contribution in [1.82, 2.24) is 24.5 Å². The maximum atomic E-state index is 13.8. The Kier molecular flexibility index (Phi) is 7.43. The summed E-state index contributed by atoms with van der Waals surface area (Å²) in [5, 5.41) is 4.15. The number of sulfone groups is 1. The highest BCUT2D eigenvalue weighted by molar-refractivity contribution is 7.91. The zero-order valence-electron chi connectivity index (χ0n) is 22.2. The summed E-state index contributed by atoms with van der Waals surface area (Å²) in [7, 11) is -2.19. The molecule has 0 saturated carbocycles. The first-order chi connectivity index (χ1) is 19.0. The highest BCUT2D eigenvalue weighted by Gasteiger charge is 2.32. The number of halogens is 1. The fourth-order valence-electron chi connectivity index (χ4n) is 4.53. The van der Waals surface area contributed by atoms with Crippen LogP contribution in [0.15, 0.2) is 65.8 Å². The summed E-state index contributed by atoms with van der Waals surface area (Å²) in [6.45, 7) is 3.90. The summed E-state index contributed by atoms with van der Waals surface area (Å²) < 4.78 is 30.6. The van der Waals surface area contributed by atoms with Crippen molar-refractivity contribution < 1.29 is 18.0 Å². The molecule has 0 atom stereocenters. The molecule has 0 aliphatic heterocycles. The second kappa shape index (κ2) is 10.8. The average Bonchev–Trinajstić information content (AvgIpc) is 3.61. The number of nitrogens with zero attached hydrogens (tertiary/aromatic N) is 3. The Labute approximate surface area is 236 Å². The van der Waals surface area contributed by atoms with Crippen LogP contribution in [0.3, 0.4) is 0 Å². The van der Waals surface area contributed by atoms with Gasteiger partial charge in [0.2, 0.25) is 0 Å². The van der Waals surface area contributed by atoms with Crippen molar-refractivity contribution in [1.29, 1.82) is 0 Å². The minimum atomic E-state index is -3.98. The maximum Gasteiger partial charge on any atom is 0.286 e. The Morgan fingerprint density at radius 2 is 1.88 bits per heavy atom. The fourth-order valence-corrected chi connectivity index (χ4v) is 6.67. The van der Waals surface area contributed by atoms with E-state index in [-0.39, 0.29) is 39.9 Å². The van der Waals surface area contributed by atoms with Crippen LogP contribution in [0.5, 0.6) is 0 Å². The van der Waals surface area contributed by atoms with Crippen LogP contribution in [0.25, 0.3) is 21.8 Å². The SMILES string of the molecule is CC(C)CCS(=O)(=O)c1c(C(=O)NCc2nccn2C)n(NC(=O)c2cc3ccccc3[nH]2)c2ccc(Cl)cc12. The third-order valence-electron chi connectivity index (χ3n) is 6.69. The first-order valence-electron chi connectivity index (χ1n) is 12.8. The lowest BCUT2D eigenvalue weighted by Crippen LogP contribution is -2.33. The zero-order valence-corrected chi connectivity index (χ0v) is 23.8. The van der Waals surface area contributed by atoms with E-state index in [1.165, 1.54) is 10.7 Å². The molecular weight excluding hydrogens is 552 g/mol. The first-order valence-corrected chi connectivity index (χ1v) is 14.8. The second-order valence-corrected chi connectivity index (χ2v) is 12.5. The van der Waals surface area contributed by atoms with Gasteiger partial charge in [-0.25, -0.2) is 18.1 Å². The number of nitrogens with one attached hydrogen (secondary N) is 3. The molecule has 12 heteroatoms. The third-order valence-corrected chi connectivity index (χ3v) is 8.73. The number of fused-ring (bicyclic) bond motifs is 2. The molecule has 0 aliphatic rings. The molecule has 0 aliphatic carbocycles. The quantitative estimate of drug-likeness (QED) is 0.234. The van der Waals surface area contributed by atoms with Gasteiger partial charge in [-0.1, -0.05) is 43.6 Å². The molecular formula is C28H29ClN6O4S. The summed E-state index contributed by atoms with van der Waals surface area (Å²) in [4.78, 5) is 34.3. The number of imidazole rings is 1. The molecule has 2 amide bonds. The molecule has 0 radical (unpaired) electrons. The van der Waals surface area contributed by atoms with E-state index in [2.05, 4.69) is 20.7 Å². The number of amides is 2. The van der Waals surface area contributed by atoms with Crippen molar-refractivity contribution in [2.24, 2.45) is 13.0 Å². The molecule has 208 valence electrons. The number of benzene rings is 2. The molecule has 0 spiro atoms. The monoisotopic (exact) mass is 580 g/mol. The molecule has 5 rings (SSSR count). The fraction of sp³-hybridized carbons (Fsp3) is 0.250. The molecule has 3 aromatic heterocycles. The minimum Gasteiger partial charge on any atom is -0.350 e. The summed E-state index contributed by atoms with van der Waals surface area (Å²) >= 11 is 6.29. The lowest BCUT2D eigenvalue weighted by molar-refractivity contribution is 0.0937. The molecule has 0 saturated heterocycles. The second-order valence-electron chi connectivity index (χ2n) is 10.0. The van der Waals surface area contributed by atoms with Gasteiger partial charge in [-0.05, 0) is 42.7 Å². The van der Waals surface area contributed by atoms with E-state index in [1.54, 1.807) is 42.2 Å². The molecule has 5 aromatic rings. The molecule has 0 fully saturated rings. The number of hydrogen-bond donors (Lipinski definition) is 3. The molecule has 3 heterocycles. The molecule has 2 aromatic carbocycles. The van der Waals surface area contributed by atoms with E-state index >= 15 is 0 Å². The molecule has 40 heavy (non-hydrogen) atoms. The van der Waals surface area contributed by atoms with Crippen LogP contribution in [0.2, 0.25) is 5.02 Å². The van der Waals surface area contributed by atoms with E-state index in [9.17, 15) is 18.0 Å². The van der Waals surface area contributed by atoms with Crippen LogP contribution >= 0.6 is 11.6 Å². The van der Waals surface area contributed by atoms with E-state index in [0.717, 1.165) is 10.9 Å². The van der Waals surface area contributed by atoms with Crippen LogP contribution in [0, 0.1) is 5.92 Å². The van der Waals surface area contributed by atoms with Crippen molar-refractivity contribution in [2.75, 3.05) is 11.2 Å². The molecule has 3 N–H and O–H groups in total. The summed E-state index contributed by atoms with van der Waals surface area (Å²) in [5.74, 6) is -0.714. The summed E-state index contributed by atoms with van der Waals surface area (Å²) in [6, 6.07) is 13.8. The first kappa shape index (κ1) is 27.5. The number of rotatable bonds is 9. The maximum absolute atomic E-state index is 13.8. The van der Waals surface area contributed by atoms with E-state index in [1.807, 2.05) is 38.1 Å². The number of para-hydroxylation sites is 1. The lowest BCUT2D eigenvalue weighted by Gasteiger charge is -2.14. The number of carbonyl (C=O) groups is 2. The Morgan fingerprint density at radius 3 is 2.58 bits per heavy atom. The van der Waals surface area contributed by atoms with Crippen molar-refractivity contribution in [3.8, 4) is 0 Å². The summed E-state index contributed by atoms with van der Waals surface area (Å²) in [6.07, 6.45) is 3.73.